The average molecular weight is 339 g/mol. The van der Waals surface area contributed by atoms with Gasteiger partial charge in [-0.25, -0.2) is 0 Å². The quantitative estimate of drug-likeness (QED) is 0.628. The Balaban J connectivity index is 1.56. The number of guanidine groups is 1. The van der Waals surface area contributed by atoms with Gasteiger partial charge in [0.15, 0.2) is 5.96 Å². The Morgan fingerprint density at radius 3 is 2.60 bits per heavy atom. The lowest BCUT2D eigenvalue weighted by Gasteiger charge is -2.14. The summed E-state index contributed by atoms with van der Waals surface area (Å²) in [6, 6.07) is 16.9. The Morgan fingerprint density at radius 2 is 1.92 bits per heavy atom. The van der Waals surface area contributed by atoms with Crippen LogP contribution in [0.2, 0.25) is 0 Å². The minimum Gasteiger partial charge on any atom is -0.497 e. The lowest BCUT2D eigenvalue weighted by Crippen LogP contribution is -2.38. The number of nitrogens with one attached hydrogen (secondary N) is 2. The summed E-state index contributed by atoms with van der Waals surface area (Å²) < 4.78 is 10.7. The van der Waals surface area contributed by atoms with Gasteiger partial charge in [-0.2, -0.15) is 0 Å². The second-order valence-electron chi connectivity index (χ2n) is 6.11. The number of nitrogens with zero attached hydrogens (tertiary/aromatic N) is 1. The maximum absolute atomic E-state index is 5.44. The van der Waals surface area contributed by atoms with Crippen molar-refractivity contribution in [3.8, 4) is 11.5 Å². The van der Waals surface area contributed by atoms with E-state index in [0.717, 1.165) is 29.4 Å². The highest BCUT2D eigenvalue weighted by atomic mass is 16.5. The summed E-state index contributed by atoms with van der Waals surface area (Å²) >= 11 is 0. The Morgan fingerprint density at radius 1 is 1.12 bits per heavy atom. The number of benzene rings is 2. The second-order valence-corrected chi connectivity index (χ2v) is 6.11. The summed E-state index contributed by atoms with van der Waals surface area (Å²) in [7, 11) is 5.11. The van der Waals surface area contributed by atoms with Gasteiger partial charge in [0.1, 0.15) is 11.5 Å². The summed E-state index contributed by atoms with van der Waals surface area (Å²) in [6.07, 6.45) is 1.14. The van der Waals surface area contributed by atoms with E-state index in [0.29, 0.717) is 18.5 Å². The third-order valence-electron chi connectivity index (χ3n) is 4.50. The molecule has 2 N–H and O–H groups in total. The van der Waals surface area contributed by atoms with Crippen LogP contribution >= 0.6 is 0 Å². The molecule has 0 aromatic heterocycles. The van der Waals surface area contributed by atoms with Gasteiger partial charge in [0.2, 0.25) is 0 Å². The fourth-order valence-electron chi connectivity index (χ4n) is 2.97. The van der Waals surface area contributed by atoms with Crippen LogP contribution < -0.4 is 20.1 Å². The molecule has 2 aromatic rings. The molecule has 0 amide bonds. The van der Waals surface area contributed by atoms with Crippen LogP contribution in [0.15, 0.2) is 53.5 Å². The SMILES string of the molecule is CN=C(NCc1ccc(OC)cc1OC)NC1CC1c1ccccc1. The highest BCUT2D eigenvalue weighted by Crippen LogP contribution is 2.40. The first-order valence-electron chi connectivity index (χ1n) is 8.48. The Hall–Kier alpha value is -2.69. The second kappa shape index (κ2) is 7.92. The number of ether oxygens (including phenoxy) is 2. The minimum atomic E-state index is 0.436. The van der Waals surface area contributed by atoms with E-state index in [1.165, 1.54) is 5.56 Å². The molecule has 0 bridgehead atoms. The van der Waals surface area contributed by atoms with Crippen molar-refractivity contribution >= 4 is 5.96 Å². The van der Waals surface area contributed by atoms with Gasteiger partial charge in [-0.1, -0.05) is 30.3 Å². The van der Waals surface area contributed by atoms with Crippen molar-refractivity contribution in [3.63, 3.8) is 0 Å². The molecule has 5 heteroatoms. The molecule has 5 nitrogen and oxygen atoms in total. The molecule has 0 spiro atoms. The largest absolute Gasteiger partial charge is 0.497 e. The molecule has 0 aliphatic heterocycles. The predicted octanol–water partition coefficient (Wildman–Crippen LogP) is 2.92. The summed E-state index contributed by atoms with van der Waals surface area (Å²) in [5.41, 5.74) is 2.44. The smallest absolute Gasteiger partial charge is 0.191 e. The van der Waals surface area contributed by atoms with Crippen molar-refractivity contribution in [1.29, 1.82) is 0 Å². The van der Waals surface area contributed by atoms with Crippen LogP contribution in [0, 0.1) is 0 Å². The van der Waals surface area contributed by atoms with Crippen molar-refractivity contribution in [2.45, 2.75) is 24.9 Å². The Bertz CT molecular complexity index is 731. The van der Waals surface area contributed by atoms with Crippen LogP contribution in [-0.2, 0) is 6.54 Å². The molecule has 1 aliphatic carbocycles. The standard InChI is InChI=1S/C20H25N3O2/c1-21-20(23-18-12-17(18)14-7-5-4-6-8-14)22-13-15-9-10-16(24-2)11-19(15)25-3/h4-11,17-18H,12-13H2,1-3H3,(H2,21,22,23). The number of hydrogen-bond donors (Lipinski definition) is 2. The molecular weight excluding hydrogens is 314 g/mol. The number of methoxy groups -OCH3 is 2. The topological polar surface area (TPSA) is 54.9 Å². The third-order valence-corrected chi connectivity index (χ3v) is 4.50. The highest BCUT2D eigenvalue weighted by Gasteiger charge is 2.38. The molecular formula is C20H25N3O2. The van der Waals surface area contributed by atoms with Crippen molar-refractivity contribution in [2.75, 3.05) is 21.3 Å². The monoisotopic (exact) mass is 339 g/mol. The zero-order valence-electron chi connectivity index (χ0n) is 15.0. The number of rotatable bonds is 6. The predicted molar refractivity (Wildman–Crippen MR) is 100 cm³/mol. The van der Waals surface area contributed by atoms with E-state index >= 15 is 0 Å². The van der Waals surface area contributed by atoms with E-state index < -0.39 is 0 Å². The molecule has 2 atom stereocenters. The van der Waals surface area contributed by atoms with Crippen LogP contribution in [0.5, 0.6) is 11.5 Å². The van der Waals surface area contributed by atoms with Crippen molar-refractivity contribution in [3.05, 3.63) is 59.7 Å². The van der Waals surface area contributed by atoms with Gasteiger partial charge in [0, 0.05) is 37.2 Å². The van der Waals surface area contributed by atoms with Gasteiger partial charge in [0.25, 0.3) is 0 Å². The first-order chi connectivity index (χ1) is 12.2. The van der Waals surface area contributed by atoms with Crippen molar-refractivity contribution in [2.24, 2.45) is 4.99 Å². The maximum Gasteiger partial charge on any atom is 0.191 e. The van der Waals surface area contributed by atoms with E-state index in [1.54, 1.807) is 21.3 Å². The van der Waals surface area contributed by atoms with Crippen LogP contribution in [0.4, 0.5) is 0 Å². The lowest BCUT2D eigenvalue weighted by molar-refractivity contribution is 0.390. The van der Waals surface area contributed by atoms with Gasteiger partial charge in [-0.3, -0.25) is 4.99 Å². The zero-order valence-corrected chi connectivity index (χ0v) is 15.0. The van der Waals surface area contributed by atoms with Crippen molar-refractivity contribution < 1.29 is 9.47 Å². The molecule has 2 unspecified atom stereocenters. The average Bonchev–Trinajstić information content (AvgIpc) is 3.44. The van der Waals surface area contributed by atoms with E-state index in [2.05, 4.69) is 46.0 Å². The Labute approximate surface area is 149 Å². The molecule has 25 heavy (non-hydrogen) atoms. The Kier molecular flexibility index (Phi) is 5.43. The molecule has 1 fully saturated rings. The van der Waals surface area contributed by atoms with Crippen LogP contribution in [0.3, 0.4) is 0 Å². The third kappa shape index (κ3) is 4.24. The molecule has 1 aliphatic rings. The van der Waals surface area contributed by atoms with Crippen molar-refractivity contribution in [1.82, 2.24) is 10.6 Å². The number of aliphatic imine (C=N–C) groups is 1. The minimum absolute atomic E-state index is 0.436. The fraction of sp³-hybridized carbons (Fsp3) is 0.350. The fourth-order valence-corrected chi connectivity index (χ4v) is 2.97. The molecule has 0 saturated heterocycles. The summed E-state index contributed by atoms with van der Waals surface area (Å²) in [4.78, 5) is 4.33. The maximum atomic E-state index is 5.44. The summed E-state index contributed by atoms with van der Waals surface area (Å²) in [5.74, 6) is 2.96. The normalized spacial score (nSPS) is 19.2. The summed E-state index contributed by atoms with van der Waals surface area (Å²) in [6.45, 7) is 0.634. The highest BCUT2D eigenvalue weighted by molar-refractivity contribution is 5.80. The van der Waals surface area contributed by atoms with Crippen LogP contribution in [-0.4, -0.2) is 33.3 Å². The molecule has 0 radical (unpaired) electrons. The molecule has 0 heterocycles. The molecule has 2 aromatic carbocycles. The molecule has 1 saturated carbocycles. The van der Waals surface area contributed by atoms with E-state index in [-0.39, 0.29) is 0 Å². The molecule has 132 valence electrons. The van der Waals surface area contributed by atoms with Gasteiger partial charge in [-0.15, -0.1) is 0 Å². The lowest BCUT2D eigenvalue weighted by atomic mass is 10.1. The van der Waals surface area contributed by atoms with Gasteiger partial charge >= 0.3 is 0 Å². The first-order valence-corrected chi connectivity index (χ1v) is 8.48. The van der Waals surface area contributed by atoms with Crippen LogP contribution in [0.1, 0.15) is 23.5 Å². The molecule has 3 rings (SSSR count). The van der Waals surface area contributed by atoms with E-state index in [1.807, 2.05) is 18.2 Å². The van der Waals surface area contributed by atoms with Crippen LogP contribution in [0.25, 0.3) is 0 Å². The first kappa shape index (κ1) is 17.1. The zero-order chi connectivity index (χ0) is 17.6. The summed E-state index contributed by atoms with van der Waals surface area (Å²) in [5, 5.41) is 6.85. The van der Waals surface area contributed by atoms with Gasteiger partial charge < -0.3 is 20.1 Å². The van der Waals surface area contributed by atoms with E-state index in [9.17, 15) is 0 Å². The van der Waals surface area contributed by atoms with E-state index in [4.69, 9.17) is 9.47 Å². The van der Waals surface area contributed by atoms with Gasteiger partial charge in [0.05, 0.1) is 14.2 Å². The number of hydrogen-bond acceptors (Lipinski definition) is 3. The van der Waals surface area contributed by atoms with Gasteiger partial charge in [-0.05, 0) is 24.1 Å².